The molecule has 1 N–H and O–H groups in total. The van der Waals surface area contributed by atoms with Gasteiger partial charge in [-0.05, 0) is 66.5 Å². The molecule has 3 aromatic carbocycles. The summed E-state index contributed by atoms with van der Waals surface area (Å²) >= 11 is 0. The Morgan fingerprint density at radius 3 is 2.18 bits per heavy atom. The standard InChI is InChI=1S/C38H39N3O5.2C2H6/c1-3-9-33-31(22-24-14-16-25(17-15-24)28-10-5-6-11-29(28)37-40-38(44)46-41-37)35(43)23-30(32(4-2)39-33)26-18-20-27(21-19-26)45-36-13-8-7-12-34(36)42;2*1-2/h5-6,10-11,14-21,30,36H,3-4,7-9,12-13,22-23H2,1-2H3,(H,40,41,44);2*1-2H3. The number of aliphatic imine (C=N–C) groups is 1. The fourth-order valence-electron chi connectivity index (χ4n) is 6.50. The number of H-pyrrole nitrogens is 1. The Balaban J connectivity index is 0.00000136. The van der Waals surface area contributed by atoms with Gasteiger partial charge in [0.2, 0.25) is 0 Å². The van der Waals surface area contributed by atoms with Gasteiger partial charge in [0.05, 0.1) is 0 Å². The van der Waals surface area contributed by atoms with Crippen LogP contribution in [0.1, 0.15) is 110 Å². The molecular formula is C42H51N3O5. The SMILES string of the molecule is CC.CC.CCCC1=C(Cc2ccc(-c3ccccc3-c3noc(=O)[nH]3)cc2)C(=O)CC(c2ccc(OC3CCCCC3=O)cc2)C(CC)=N1. The van der Waals surface area contributed by atoms with Gasteiger partial charge in [0.25, 0.3) is 0 Å². The lowest BCUT2D eigenvalue weighted by atomic mass is 9.86. The van der Waals surface area contributed by atoms with E-state index in [9.17, 15) is 14.4 Å². The van der Waals surface area contributed by atoms with Crippen molar-refractivity contribution >= 4 is 17.3 Å². The first-order valence-electron chi connectivity index (χ1n) is 18.3. The Kier molecular flexibility index (Phi) is 14.3. The lowest BCUT2D eigenvalue weighted by molar-refractivity contribution is -0.127. The average Bonchev–Trinajstić information content (AvgIpc) is 3.55. The maximum Gasteiger partial charge on any atom is 0.439 e. The number of hydrogen-bond acceptors (Lipinski definition) is 7. The first kappa shape index (κ1) is 38.0. The van der Waals surface area contributed by atoms with Gasteiger partial charge in [0.15, 0.2) is 23.5 Å². The van der Waals surface area contributed by atoms with Crippen LogP contribution in [0.15, 0.2) is 98.4 Å². The van der Waals surface area contributed by atoms with Gasteiger partial charge < -0.3 is 4.74 Å². The minimum Gasteiger partial charge on any atom is -0.483 e. The molecule has 1 aromatic heterocycles. The molecule has 1 aliphatic carbocycles. The number of hydrogen-bond donors (Lipinski definition) is 1. The number of aromatic nitrogens is 2. The number of nitrogens with one attached hydrogen (secondary N) is 1. The van der Waals surface area contributed by atoms with Gasteiger partial charge in [0.1, 0.15) is 5.75 Å². The number of rotatable bonds is 10. The molecule has 264 valence electrons. The summed E-state index contributed by atoms with van der Waals surface area (Å²) in [5.74, 6) is 0.649. The van der Waals surface area contributed by atoms with Crippen LogP contribution < -0.4 is 10.5 Å². The highest BCUT2D eigenvalue weighted by Gasteiger charge is 2.29. The van der Waals surface area contributed by atoms with Crippen LogP contribution in [0.4, 0.5) is 0 Å². The van der Waals surface area contributed by atoms with Crippen LogP contribution in [-0.4, -0.2) is 33.5 Å². The van der Waals surface area contributed by atoms with Crippen molar-refractivity contribution in [2.75, 3.05) is 0 Å². The van der Waals surface area contributed by atoms with Crippen LogP contribution in [0.3, 0.4) is 0 Å². The van der Waals surface area contributed by atoms with Crippen molar-refractivity contribution in [1.82, 2.24) is 10.1 Å². The smallest absolute Gasteiger partial charge is 0.439 e. The van der Waals surface area contributed by atoms with Gasteiger partial charge in [-0.3, -0.25) is 24.1 Å². The minimum atomic E-state index is -0.598. The zero-order valence-corrected chi connectivity index (χ0v) is 30.4. The van der Waals surface area contributed by atoms with E-state index in [0.29, 0.717) is 30.8 Å². The zero-order chi connectivity index (χ0) is 36.0. The number of carbonyl (C=O) groups excluding carboxylic acids is 2. The largest absolute Gasteiger partial charge is 0.483 e. The number of Topliss-reactive ketones (excluding diaryl/α,β-unsaturated/α-hetero) is 2. The molecule has 0 bridgehead atoms. The second kappa shape index (κ2) is 18.8. The molecule has 0 radical (unpaired) electrons. The number of ketones is 2. The molecule has 1 saturated carbocycles. The summed E-state index contributed by atoms with van der Waals surface area (Å²) in [6.07, 6.45) is 6.18. The first-order valence-corrected chi connectivity index (χ1v) is 18.3. The van der Waals surface area contributed by atoms with Crippen molar-refractivity contribution in [1.29, 1.82) is 0 Å². The fraction of sp³-hybridized carbons (Fsp3) is 0.405. The Hall–Kier alpha value is -4.85. The molecule has 2 aliphatic rings. The number of carbonyl (C=O) groups is 2. The van der Waals surface area contributed by atoms with Crippen LogP contribution in [0.2, 0.25) is 0 Å². The monoisotopic (exact) mass is 677 g/mol. The molecule has 0 amide bonds. The van der Waals surface area contributed by atoms with Gasteiger partial charge in [0, 0.05) is 47.7 Å². The molecule has 2 unspecified atom stereocenters. The van der Waals surface area contributed by atoms with Crippen LogP contribution in [0.5, 0.6) is 5.75 Å². The van der Waals surface area contributed by atoms with E-state index in [4.69, 9.17) is 14.3 Å². The molecule has 2 atom stereocenters. The zero-order valence-electron chi connectivity index (χ0n) is 30.4. The molecule has 8 nitrogen and oxygen atoms in total. The second-order valence-electron chi connectivity index (χ2n) is 12.1. The van der Waals surface area contributed by atoms with E-state index in [0.717, 1.165) is 83.3 Å². The molecule has 1 fully saturated rings. The van der Waals surface area contributed by atoms with Gasteiger partial charge in [-0.1, -0.05) is 114 Å². The van der Waals surface area contributed by atoms with Crippen molar-refractivity contribution in [3.05, 3.63) is 106 Å². The molecule has 0 saturated heterocycles. The van der Waals surface area contributed by atoms with Gasteiger partial charge in [-0.25, -0.2) is 4.79 Å². The predicted octanol–water partition coefficient (Wildman–Crippen LogP) is 9.84. The van der Waals surface area contributed by atoms with Crippen molar-refractivity contribution in [3.63, 3.8) is 0 Å². The van der Waals surface area contributed by atoms with E-state index in [1.54, 1.807) is 0 Å². The number of nitrogens with zero attached hydrogens (tertiary/aromatic N) is 2. The van der Waals surface area contributed by atoms with Gasteiger partial charge in [-0.2, -0.15) is 0 Å². The fourth-order valence-corrected chi connectivity index (χ4v) is 6.50. The van der Waals surface area contributed by atoms with E-state index < -0.39 is 5.76 Å². The topological polar surface area (TPSA) is 115 Å². The lowest BCUT2D eigenvalue weighted by Crippen LogP contribution is -2.30. The molecule has 0 spiro atoms. The van der Waals surface area contributed by atoms with E-state index in [1.807, 2.05) is 100 Å². The quantitative estimate of drug-likeness (QED) is 0.179. The Bertz CT molecular complexity index is 1830. The molecule has 8 heteroatoms. The predicted molar refractivity (Wildman–Crippen MR) is 201 cm³/mol. The maximum absolute atomic E-state index is 14.0. The van der Waals surface area contributed by atoms with Crippen molar-refractivity contribution in [2.45, 2.75) is 111 Å². The molecule has 1 aliphatic heterocycles. The number of benzene rings is 3. The minimum absolute atomic E-state index is 0.117. The van der Waals surface area contributed by atoms with Gasteiger partial charge >= 0.3 is 5.76 Å². The van der Waals surface area contributed by atoms with Crippen LogP contribution in [-0.2, 0) is 16.0 Å². The third-order valence-electron chi connectivity index (χ3n) is 8.93. The second-order valence-corrected chi connectivity index (χ2v) is 12.1. The molecular weight excluding hydrogens is 626 g/mol. The third-order valence-corrected chi connectivity index (χ3v) is 8.93. The summed E-state index contributed by atoms with van der Waals surface area (Å²) in [5, 5.41) is 3.86. The van der Waals surface area contributed by atoms with Crippen LogP contribution >= 0.6 is 0 Å². The number of allylic oxidation sites excluding steroid dienone is 2. The summed E-state index contributed by atoms with van der Waals surface area (Å²) in [6.45, 7) is 12.2. The first-order chi connectivity index (χ1) is 24.4. The normalized spacial score (nSPS) is 17.5. The number of ether oxygens (including phenoxy) is 1. The molecule has 4 aromatic rings. The average molecular weight is 678 g/mol. The Morgan fingerprint density at radius 2 is 1.56 bits per heavy atom. The van der Waals surface area contributed by atoms with Gasteiger partial charge in [-0.15, -0.1) is 0 Å². The highest BCUT2D eigenvalue weighted by Crippen LogP contribution is 2.35. The van der Waals surface area contributed by atoms with Crippen LogP contribution in [0.25, 0.3) is 22.5 Å². The molecule has 6 rings (SSSR count). The Morgan fingerprint density at radius 1 is 0.860 bits per heavy atom. The van der Waals surface area contributed by atoms with E-state index in [2.05, 4.69) is 24.0 Å². The molecule has 50 heavy (non-hydrogen) atoms. The molecule has 2 heterocycles. The van der Waals surface area contributed by atoms with E-state index >= 15 is 0 Å². The van der Waals surface area contributed by atoms with Crippen LogP contribution in [0, 0.1) is 0 Å². The summed E-state index contributed by atoms with van der Waals surface area (Å²) in [4.78, 5) is 45.6. The lowest BCUT2D eigenvalue weighted by Gasteiger charge is -2.22. The summed E-state index contributed by atoms with van der Waals surface area (Å²) in [5.41, 5.74) is 7.37. The highest BCUT2D eigenvalue weighted by atomic mass is 16.5. The number of aromatic amines is 1. The summed E-state index contributed by atoms with van der Waals surface area (Å²) in [7, 11) is 0. The summed E-state index contributed by atoms with van der Waals surface area (Å²) < 4.78 is 10.8. The third kappa shape index (κ3) is 9.23. The van der Waals surface area contributed by atoms with E-state index in [-0.39, 0.29) is 23.6 Å². The highest BCUT2D eigenvalue weighted by molar-refractivity contribution is 6.04. The van der Waals surface area contributed by atoms with Crippen molar-refractivity contribution < 1.29 is 18.8 Å². The van der Waals surface area contributed by atoms with Crippen molar-refractivity contribution in [3.8, 4) is 28.3 Å². The van der Waals surface area contributed by atoms with Crippen molar-refractivity contribution in [2.24, 2.45) is 4.99 Å². The maximum atomic E-state index is 14.0. The Labute approximate surface area is 296 Å². The summed E-state index contributed by atoms with van der Waals surface area (Å²) in [6, 6.07) is 23.7. The van der Waals surface area contributed by atoms with E-state index in [1.165, 1.54) is 0 Å².